The molecule has 1 fully saturated rings. The van der Waals surface area contributed by atoms with Gasteiger partial charge in [0.2, 0.25) is 5.75 Å². The highest BCUT2D eigenvalue weighted by Crippen LogP contribution is 2.38. The quantitative estimate of drug-likeness (QED) is 0.644. The Bertz CT molecular complexity index is 969. The van der Waals surface area contributed by atoms with Crippen LogP contribution < -0.4 is 14.8 Å². The molecule has 1 aliphatic rings. The van der Waals surface area contributed by atoms with Crippen LogP contribution in [0.1, 0.15) is 16.7 Å². The summed E-state index contributed by atoms with van der Waals surface area (Å²) in [6.45, 7) is 4.00. The highest BCUT2D eigenvalue weighted by atomic mass is 79.9. The van der Waals surface area contributed by atoms with Crippen molar-refractivity contribution >= 4 is 50.5 Å². The zero-order valence-electron chi connectivity index (χ0n) is 15.8. The Balaban J connectivity index is 1.91. The largest absolute Gasteiger partial charge is 0.502 e. The van der Waals surface area contributed by atoms with E-state index in [1.807, 2.05) is 26.0 Å². The smallest absolute Gasteiger partial charge is 0.264 e. The maximum absolute atomic E-state index is 12.3. The molecule has 1 heterocycles. The number of nitrogens with zero attached hydrogens (tertiary/aromatic N) is 1. The highest BCUT2D eigenvalue weighted by Gasteiger charge is 2.24. The Hall–Kier alpha value is -2.45. The number of methoxy groups -OCH3 is 2. The number of halogens is 1. The first-order valence-electron chi connectivity index (χ1n) is 8.33. The SMILES string of the molecule is COc1cc(/C=C2\SC(=Nc3cc(C)c(Br)c(C)c3)NC2=O)cc(OC)c1O. The topological polar surface area (TPSA) is 80.2 Å². The van der Waals surface area contributed by atoms with Gasteiger partial charge in [0.1, 0.15) is 0 Å². The van der Waals surface area contributed by atoms with Crippen LogP contribution >= 0.6 is 27.7 Å². The molecule has 6 nitrogen and oxygen atoms in total. The lowest BCUT2D eigenvalue weighted by Gasteiger charge is -2.09. The molecule has 3 rings (SSSR count). The summed E-state index contributed by atoms with van der Waals surface area (Å²) in [6.07, 6.45) is 1.70. The van der Waals surface area contributed by atoms with Crippen molar-refractivity contribution in [3.63, 3.8) is 0 Å². The number of ether oxygens (including phenoxy) is 2. The first kappa shape index (κ1) is 20.3. The van der Waals surface area contributed by atoms with Crippen LogP contribution in [0.25, 0.3) is 6.08 Å². The van der Waals surface area contributed by atoms with E-state index < -0.39 is 0 Å². The molecule has 2 aromatic carbocycles. The number of aryl methyl sites for hydroxylation is 2. The third-order valence-electron chi connectivity index (χ3n) is 4.10. The van der Waals surface area contributed by atoms with Crippen molar-refractivity contribution in [1.82, 2.24) is 5.32 Å². The second kappa shape index (κ2) is 8.28. The predicted molar refractivity (Wildman–Crippen MR) is 116 cm³/mol. The van der Waals surface area contributed by atoms with Gasteiger partial charge in [0.05, 0.1) is 24.8 Å². The molecule has 1 saturated heterocycles. The number of phenols is 1. The number of phenolic OH excluding ortho intramolecular Hbond substituents is 1. The first-order valence-corrected chi connectivity index (χ1v) is 9.94. The number of carbonyl (C=O) groups excluding carboxylic acids is 1. The van der Waals surface area contributed by atoms with Gasteiger partial charge in [-0.15, -0.1) is 0 Å². The van der Waals surface area contributed by atoms with Gasteiger partial charge in [-0.05, 0) is 72.6 Å². The van der Waals surface area contributed by atoms with E-state index in [2.05, 4.69) is 26.2 Å². The Labute approximate surface area is 175 Å². The van der Waals surface area contributed by atoms with Gasteiger partial charge >= 0.3 is 0 Å². The molecule has 0 spiro atoms. The first-order chi connectivity index (χ1) is 13.3. The number of hydrogen-bond acceptors (Lipinski definition) is 6. The lowest BCUT2D eigenvalue weighted by Crippen LogP contribution is -2.19. The molecule has 0 unspecified atom stereocenters. The summed E-state index contributed by atoms with van der Waals surface area (Å²) < 4.78 is 11.4. The zero-order valence-corrected chi connectivity index (χ0v) is 18.2. The van der Waals surface area contributed by atoms with Crippen LogP contribution in [-0.4, -0.2) is 30.4 Å². The molecule has 0 atom stereocenters. The maximum atomic E-state index is 12.3. The summed E-state index contributed by atoms with van der Waals surface area (Å²) in [5, 5.41) is 13.3. The van der Waals surface area contributed by atoms with Crippen molar-refractivity contribution in [2.75, 3.05) is 14.2 Å². The van der Waals surface area contributed by atoms with Gasteiger partial charge in [-0.1, -0.05) is 15.9 Å². The minimum absolute atomic E-state index is 0.0843. The zero-order chi connectivity index (χ0) is 20.4. The number of hydrogen-bond donors (Lipinski definition) is 2. The lowest BCUT2D eigenvalue weighted by atomic mass is 10.1. The fourth-order valence-corrected chi connectivity index (χ4v) is 3.80. The van der Waals surface area contributed by atoms with E-state index >= 15 is 0 Å². The van der Waals surface area contributed by atoms with Crippen LogP contribution in [0.3, 0.4) is 0 Å². The molecule has 2 aromatic rings. The number of aromatic hydroxyl groups is 1. The molecular weight excluding hydrogens is 444 g/mol. The van der Waals surface area contributed by atoms with Gasteiger partial charge in [0.15, 0.2) is 16.7 Å². The number of amidine groups is 1. The van der Waals surface area contributed by atoms with Crippen LogP contribution in [0.2, 0.25) is 0 Å². The number of aliphatic imine (C=N–C) groups is 1. The van der Waals surface area contributed by atoms with E-state index in [1.54, 1.807) is 18.2 Å². The second-order valence-electron chi connectivity index (χ2n) is 6.15. The van der Waals surface area contributed by atoms with Gasteiger partial charge < -0.3 is 19.9 Å². The summed E-state index contributed by atoms with van der Waals surface area (Å²) in [7, 11) is 2.91. The van der Waals surface area contributed by atoms with Crippen molar-refractivity contribution in [3.05, 3.63) is 50.3 Å². The van der Waals surface area contributed by atoms with Crippen LogP contribution in [0.4, 0.5) is 5.69 Å². The summed E-state index contributed by atoms with van der Waals surface area (Å²) >= 11 is 4.79. The van der Waals surface area contributed by atoms with Gasteiger partial charge in [0.25, 0.3) is 5.91 Å². The number of rotatable bonds is 4. The minimum atomic E-state index is -0.236. The second-order valence-corrected chi connectivity index (χ2v) is 7.97. The van der Waals surface area contributed by atoms with E-state index in [-0.39, 0.29) is 23.2 Å². The van der Waals surface area contributed by atoms with E-state index in [1.165, 1.54) is 26.0 Å². The molecule has 0 aliphatic carbocycles. The Morgan fingerprint density at radius 1 is 1.11 bits per heavy atom. The van der Waals surface area contributed by atoms with Crippen LogP contribution in [-0.2, 0) is 4.79 Å². The van der Waals surface area contributed by atoms with E-state index in [9.17, 15) is 9.90 Å². The van der Waals surface area contributed by atoms with Gasteiger partial charge in [0, 0.05) is 4.47 Å². The molecule has 8 heteroatoms. The fourth-order valence-electron chi connectivity index (χ4n) is 2.73. The van der Waals surface area contributed by atoms with Crippen molar-refractivity contribution in [1.29, 1.82) is 0 Å². The van der Waals surface area contributed by atoms with Crippen molar-refractivity contribution in [3.8, 4) is 17.2 Å². The molecular formula is C20H19BrN2O4S. The lowest BCUT2D eigenvalue weighted by molar-refractivity contribution is -0.115. The Morgan fingerprint density at radius 3 is 2.21 bits per heavy atom. The standard InChI is InChI=1S/C20H19BrN2O4S/c1-10-5-13(6-11(2)17(10)21)22-20-23-19(25)16(28-20)9-12-7-14(26-3)18(24)15(8-12)27-4/h5-9,24H,1-4H3,(H,22,23,25)/b16-9-. The van der Waals surface area contributed by atoms with Crippen molar-refractivity contribution in [2.24, 2.45) is 4.99 Å². The molecule has 1 amide bonds. The summed E-state index contributed by atoms with van der Waals surface area (Å²) in [6, 6.07) is 7.17. The molecule has 0 saturated carbocycles. The monoisotopic (exact) mass is 462 g/mol. The molecule has 28 heavy (non-hydrogen) atoms. The van der Waals surface area contributed by atoms with Gasteiger partial charge in [-0.25, -0.2) is 4.99 Å². The van der Waals surface area contributed by atoms with Crippen LogP contribution in [0.15, 0.2) is 38.6 Å². The summed E-state index contributed by atoms with van der Waals surface area (Å²) in [5.74, 6) is 0.216. The third-order valence-corrected chi connectivity index (χ3v) is 6.26. The average molecular weight is 463 g/mol. The number of thioether (sulfide) groups is 1. The van der Waals surface area contributed by atoms with E-state index in [0.717, 1.165) is 21.3 Å². The Morgan fingerprint density at radius 2 is 1.68 bits per heavy atom. The Kier molecular flexibility index (Phi) is 6.00. The normalized spacial score (nSPS) is 16.5. The van der Waals surface area contributed by atoms with Crippen molar-refractivity contribution < 1.29 is 19.4 Å². The number of benzene rings is 2. The minimum Gasteiger partial charge on any atom is -0.502 e. The van der Waals surface area contributed by atoms with E-state index in [4.69, 9.17) is 9.47 Å². The summed E-state index contributed by atoms with van der Waals surface area (Å²) in [4.78, 5) is 17.4. The van der Waals surface area contributed by atoms with E-state index in [0.29, 0.717) is 15.6 Å². The fraction of sp³-hybridized carbons (Fsp3) is 0.200. The molecule has 146 valence electrons. The predicted octanol–water partition coefficient (Wildman–Crippen LogP) is 4.68. The van der Waals surface area contributed by atoms with Gasteiger partial charge in [-0.2, -0.15) is 0 Å². The third kappa shape index (κ3) is 4.18. The number of amides is 1. The molecule has 0 aromatic heterocycles. The number of carbonyl (C=O) groups is 1. The summed E-state index contributed by atoms with van der Waals surface area (Å²) in [5.41, 5.74) is 3.59. The molecule has 1 aliphatic heterocycles. The van der Waals surface area contributed by atoms with Crippen LogP contribution in [0, 0.1) is 13.8 Å². The maximum Gasteiger partial charge on any atom is 0.264 e. The van der Waals surface area contributed by atoms with Gasteiger partial charge in [-0.3, -0.25) is 4.79 Å². The molecule has 0 radical (unpaired) electrons. The molecule has 2 N–H and O–H groups in total. The average Bonchev–Trinajstić information content (AvgIpc) is 2.99. The number of nitrogens with one attached hydrogen (secondary N) is 1. The van der Waals surface area contributed by atoms with Crippen LogP contribution in [0.5, 0.6) is 17.2 Å². The van der Waals surface area contributed by atoms with Crippen molar-refractivity contribution in [2.45, 2.75) is 13.8 Å². The molecule has 0 bridgehead atoms. The highest BCUT2D eigenvalue weighted by molar-refractivity contribution is 9.10.